The molecule has 0 fully saturated rings. The summed E-state index contributed by atoms with van der Waals surface area (Å²) in [5, 5.41) is 3.67. The Morgan fingerprint density at radius 3 is 2.50 bits per heavy atom. The SMILES string of the molecule is Cc1cc(-c2cccc(C(F)(F)F)c2)no1. The van der Waals surface area contributed by atoms with Crippen molar-refractivity contribution in [3.05, 3.63) is 41.7 Å². The molecule has 84 valence electrons. The zero-order valence-corrected chi connectivity index (χ0v) is 8.38. The van der Waals surface area contributed by atoms with Gasteiger partial charge in [-0.3, -0.25) is 0 Å². The maximum atomic E-state index is 12.4. The van der Waals surface area contributed by atoms with Crippen LogP contribution in [0.15, 0.2) is 34.9 Å². The van der Waals surface area contributed by atoms with E-state index in [0.29, 0.717) is 17.0 Å². The van der Waals surface area contributed by atoms with Gasteiger partial charge in [0.25, 0.3) is 0 Å². The molecule has 5 heteroatoms. The lowest BCUT2D eigenvalue weighted by molar-refractivity contribution is -0.137. The maximum Gasteiger partial charge on any atom is 0.416 e. The first kappa shape index (κ1) is 10.7. The average Bonchev–Trinajstić information content (AvgIpc) is 2.64. The molecule has 0 N–H and O–H groups in total. The first-order valence-electron chi connectivity index (χ1n) is 4.58. The van der Waals surface area contributed by atoms with Gasteiger partial charge in [0.05, 0.1) is 5.56 Å². The van der Waals surface area contributed by atoms with Crippen molar-refractivity contribution in [2.75, 3.05) is 0 Å². The number of hydrogen-bond donors (Lipinski definition) is 0. The number of aryl methyl sites for hydroxylation is 1. The molecule has 0 aliphatic carbocycles. The van der Waals surface area contributed by atoms with Crippen molar-refractivity contribution >= 4 is 0 Å². The highest BCUT2D eigenvalue weighted by Crippen LogP contribution is 2.31. The van der Waals surface area contributed by atoms with Crippen molar-refractivity contribution in [2.45, 2.75) is 13.1 Å². The molecule has 0 saturated heterocycles. The van der Waals surface area contributed by atoms with Gasteiger partial charge in [-0.1, -0.05) is 17.3 Å². The van der Waals surface area contributed by atoms with Gasteiger partial charge in [0.1, 0.15) is 11.5 Å². The molecule has 0 atom stereocenters. The van der Waals surface area contributed by atoms with Gasteiger partial charge in [-0.25, -0.2) is 0 Å². The summed E-state index contributed by atoms with van der Waals surface area (Å²) in [7, 11) is 0. The third kappa shape index (κ3) is 2.08. The Bertz CT molecular complexity index is 502. The fraction of sp³-hybridized carbons (Fsp3) is 0.182. The summed E-state index contributed by atoms with van der Waals surface area (Å²) in [6.07, 6.45) is -4.34. The minimum atomic E-state index is -4.34. The van der Waals surface area contributed by atoms with E-state index < -0.39 is 11.7 Å². The molecule has 0 spiro atoms. The molecule has 2 aromatic rings. The highest BCUT2D eigenvalue weighted by Gasteiger charge is 2.30. The van der Waals surface area contributed by atoms with Crippen molar-refractivity contribution in [1.29, 1.82) is 0 Å². The van der Waals surface area contributed by atoms with Crippen LogP contribution in [0.1, 0.15) is 11.3 Å². The van der Waals surface area contributed by atoms with Crippen LogP contribution in [0.25, 0.3) is 11.3 Å². The Kier molecular flexibility index (Phi) is 2.46. The van der Waals surface area contributed by atoms with Gasteiger partial charge in [-0.05, 0) is 19.1 Å². The normalized spacial score (nSPS) is 11.8. The topological polar surface area (TPSA) is 26.0 Å². The number of hydrogen-bond acceptors (Lipinski definition) is 2. The average molecular weight is 227 g/mol. The van der Waals surface area contributed by atoms with Crippen LogP contribution in [0.3, 0.4) is 0 Å². The van der Waals surface area contributed by atoms with Crippen molar-refractivity contribution in [3.63, 3.8) is 0 Å². The van der Waals surface area contributed by atoms with Crippen LogP contribution in [0.5, 0.6) is 0 Å². The second-order valence-corrected chi connectivity index (χ2v) is 3.40. The maximum absolute atomic E-state index is 12.4. The molecule has 1 aromatic heterocycles. The molecule has 16 heavy (non-hydrogen) atoms. The van der Waals surface area contributed by atoms with Gasteiger partial charge in [-0.15, -0.1) is 0 Å². The zero-order valence-electron chi connectivity index (χ0n) is 8.38. The predicted octanol–water partition coefficient (Wildman–Crippen LogP) is 3.67. The lowest BCUT2D eigenvalue weighted by atomic mass is 10.1. The summed E-state index contributed by atoms with van der Waals surface area (Å²) in [4.78, 5) is 0. The standard InChI is InChI=1S/C11H8F3NO/c1-7-5-10(15-16-7)8-3-2-4-9(6-8)11(12,13)14/h2-6H,1H3. The molecular weight excluding hydrogens is 219 g/mol. The summed E-state index contributed by atoms with van der Waals surface area (Å²) in [5.41, 5.74) is 0.112. The number of aromatic nitrogens is 1. The first-order valence-corrected chi connectivity index (χ1v) is 4.58. The lowest BCUT2D eigenvalue weighted by Gasteiger charge is -2.06. The van der Waals surface area contributed by atoms with Crippen LogP contribution < -0.4 is 0 Å². The predicted molar refractivity (Wildman–Crippen MR) is 51.7 cm³/mol. The van der Waals surface area contributed by atoms with Crippen LogP contribution in [-0.4, -0.2) is 5.16 Å². The second-order valence-electron chi connectivity index (χ2n) is 3.40. The largest absolute Gasteiger partial charge is 0.416 e. The van der Waals surface area contributed by atoms with Gasteiger partial charge >= 0.3 is 6.18 Å². The molecule has 0 radical (unpaired) electrons. The third-order valence-corrected chi connectivity index (χ3v) is 2.11. The molecule has 1 heterocycles. The fourth-order valence-corrected chi connectivity index (χ4v) is 1.36. The summed E-state index contributed by atoms with van der Waals surface area (Å²) >= 11 is 0. The number of benzene rings is 1. The second kappa shape index (κ2) is 3.66. The summed E-state index contributed by atoms with van der Waals surface area (Å²) in [6, 6.07) is 6.58. The molecule has 0 aliphatic rings. The van der Waals surface area contributed by atoms with Crippen LogP contribution in [0, 0.1) is 6.92 Å². The van der Waals surface area contributed by atoms with E-state index in [1.807, 2.05) is 0 Å². The molecule has 2 rings (SSSR count). The molecule has 0 aliphatic heterocycles. The Morgan fingerprint density at radius 1 is 1.19 bits per heavy atom. The van der Waals surface area contributed by atoms with Crippen LogP contribution in [-0.2, 0) is 6.18 Å². The van der Waals surface area contributed by atoms with Crippen LogP contribution in [0.2, 0.25) is 0 Å². The van der Waals surface area contributed by atoms with E-state index in [-0.39, 0.29) is 0 Å². The minimum Gasteiger partial charge on any atom is -0.361 e. The van der Waals surface area contributed by atoms with Gasteiger partial charge in [0.2, 0.25) is 0 Å². The molecule has 0 unspecified atom stereocenters. The molecule has 0 saturated carbocycles. The fourth-order valence-electron chi connectivity index (χ4n) is 1.36. The van der Waals surface area contributed by atoms with Gasteiger partial charge in [0, 0.05) is 11.6 Å². The Labute approximate surface area is 89.7 Å². The Balaban J connectivity index is 2.44. The summed E-state index contributed by atoms with van der Waals surface area (Å²) in [5.74, 6) is 0.562. The number of alkyl halides is 3. The Morgan fingerprint density at radius 2 is 1.94 bits per heavy atom. The van der Waals surface area contributed by atoms with E-state index in [0.717, 1.165) is 12.1 Å². The van der Waals surface area contributed by atoms with Crippen molar-refractivity contribution in [3.8, 4) is 11.3 Å². The van der Waals surface area contributed by atoms with Crippen molar-refractivity contribution < 1.29 is 17.7 Å². The van der Waals surface area contributed by atoms with E-state index in [9.17, 15) is 13.2 Å². The first-order chi connectivity index (χ1) is 7.47. The van der Waals surface area contributed by atoms with E-state index in [1.165, 1.54) is 6.07 Å². The molecule has 1 aromatic carbocycles. The van der Waals surface area contributed by atoms with Crippen molar-refractivity contribution in [1.82, 2.24) is 5.16 Å². The number of rotatable bonds is 1. The minimum absolute atomic E-state index is 0.395. The molecule has 0 bridgehead atoms. The van der Waals surface area contributed by atoms with E-state index in [2.05, 4.69) is 5.16 Å². The molecule has 0 amide bonds. The van der Waals surface area contributed by atoms with Crippen LogP contribution in [0.4, 0.5) is 13.2 Å². The van der Waals surface area contributed by atoms with Gasteiger partial charge in [0.15, 0.2) is 0 Å². The summed E-state index contributed by atoms with van der Waals surface area (Å²) in [6.45, 7) is 1.68. The van der Waals surface area contributed by atoms with Gasteiger partial charge in [-0.2, -0.15) is 13.2 Å². The molecule has 2 nitrogen and oxygen atoms in total. The third-order valence-electron chi connectivity index (χ3n) is 2.11. The van der Waals surface area contributed by atoms with Crippen molar-refractivity contribution in [2.24, 2.45) is 0 Å². The summed E-state index contributed by atoms with van der Waals surface area (Å²) < 4.78 is 42.1. The van der Waals surface area contributed by atoms with E-state index >= 15 is 0 Å². The van der Waals surface area contributed by atoms with Gasteiger partial charge < -0.3 is 4.52 Å². The highest BCUT2D eigenvalue weighted by atomic mass is 19.4. The Hall–Kier alpha value is -1.78. The monoisotopic (exact) mass is 227 g/mol. The smallest absolute Gasteiger partial charge is 0.361 e. The zero-order chi connectivity index (χ0) is 11.8. The highest BCUT2D eigenvalue weighted by molar-refractivity contribution is 5.59. The number of nitrogens with zero attached hydrogens (tertiary/aromatic N) is 1. The quantitative estimate of drug-likeness (QED) is 0.742. The number of halogens is 3. The van der Waals surface area contributed by atoms with E-state index in [4.69, 9.17) is 4.52 Å². The molecular formula is C11H8F3NO. The van der Waals surface area contributed by atoms with Crippen LogP contribution >= 0.6 is 0 Å². The lowest BCUT2D eigenvalue weighted by Crippen LogP contribution is -2.04. The van der Waals surface area contributed by atoms with E-state index in [1.54, 1.807) is 19.1 Å².